The second kappa shape index (κ2) is 5.59. The molecule has 5 nitrogen and oxygen atoms in total. The molecule has 0 radical (unpaired) electrons. The van der Waals surface area contributed by atoms with E-state index >= 15 is 0 Å². The van der Waals surface area contributed by atoms with Gasteiger partial charge in [0.2, 0.25) is 5.91 Å². The summed E-state index contributed by atoms with van der Waals surface area (Å²) in [6, 6.07) is 2.03. The number of carbonyl (C=O) groups excluding carboxylic acids is 1. The van der Waals surface area contributed by atoms with Gasteiger partial charge in [0, 0.05) is 11.0 Å². The number of carboxylic acids is 1. The number of amides is 1. The molecule has 0 fully saturated rings. The van der Waals surface area contributed by atoms with Gasteiger partial charge in [-0.05, 0) is 19.1 Å². The molecular weight excluding hydrogens is 289 g/mol. The summed E-state index contributed by atoms with van der Waals surface area (Å²) in [5.41, 5.74) is -0.539. The van der Waals surface area contributed by atoms with E-state index in [0.717, 1.165) is 6.07 Å². The average molecular weight is 309 g/mol. The molecular formula is C16H20FNO4. The van der Waals surface area contributed by atoms with Crippen LogP contribution in [0.2, 0.25) is 0 Å². The van der Waals surface area contributed by atoms with Crippen LogP contribution in [0.4, 0.5) is 4.39 Å². The summed E-state index contributed by atoms with van der Waals surface area (Å²) in [5, 5.41) is 8.99. The molecule has 0 bridgehead atoms. The first kappa shape index (κ1) is 16.3. The topological polar surface area (TPSA) is 66.8 Å². The maximum Gasteiger partial charge on any atom is 0.335 e. The third-order valence-electron chi connectivity index (χ3n) is 3.64. The normalized spacial score (nSPS) is 18.2. The summed E-state index contributed by atoms with van der Waals surface area (Å²) in [7, 11) is 0. The standard InChI is InChI=1S/C16H20FNO4/c1-9-8-22-13-6-10(14(19)20)5-12(17)11(13)7-18(9)15(21)16(2,3)4/h5-6,9H,7-8H2,1-4H3,(H,19,20)/t9-/m0/s1. The molecule has 2 rings (SSSR count). The van der Waals surface area contributed by atoms with Crippen molar-refractivity contribution in [1.82, 2.24) is 4.90 Å². The number of hydrogen-bond donors (Lipinski definition) is 1. The zero-order chi connectivity index (χ0) is 16.7. The molecule has 1 N–H and O–H groups in total. The Labute approximate surface area is 128 Å². The summed E-state index contributed by atoms with van der Waals surface area (Å²) in [6.45, 7) is 7.50. The molecule has 6 heteroatoms. The Morgan fingerprint density at radius 1 is 1.36 bits per heavy atom. The quantitative estimate of drug-likeness (QED) is 0.866. The van der Waals surface area contributed by atoms with E-state index in [9.17, 15) is 14.0 Å². The molecule has 22 heavy (non-hydrogen) atoms. The Kier molecular flexibility index (Phi) is 4.13. The maximum absolute atomic E-state index is 14.3. The van der Waals surface area contributed by atoms with E-state index in [1.807, 2.05) is 6.92 Å². The number of aromatic carboxylic acids is 1. The van der Waals surface area contributed by atoms with Crippen LogP contribution in [0.1, 0.15) is 43.6 Å². The predicted molar refractivity (Wildman–Crippen MR) is 78.3 cm³/mol. The summed E-state index contributed by atoms with van der Waals surface area (Å²) in [5.74, 6) is -1.80. The molecule has 0 saturated carbocycles. The highest BCUT2D eigenvalue weighted by Gasteiger charge is 2.34. The molecule has 120 valence electrons. The first-order chi connectivity index (χ1) is 10.1. The SMILES string of the molecule is C[C@H]1COc2cc(C(=O)O)cc(F)c2CN1C(=O)C(C)(C)C. The van der Waals surface area contributed by atoms with Gasteiger partial charge in [-0.1, -0.05) is 20.8 Å². The van der Waals surface area contributed by atoms with E-state index in [0.29, 0.717) is 0 Å². The molecule has 1 heterocycles. The molecule has 1 aliphatic heterocycles. The molecule has 0 unspecified atom stereocenters. The van der Waals surface area contributed by atoms with Crippen molar-refractivity contribution in [2.24, 2.45) is 5.41 Å². The number of hydrogen-bond acceptors (Lipinski definition) is 3. The Bertz CT molecular complexity index is 621. The number of rotatable bonds is 1. The lowest BCUT2D eigenvalue weighted by molar-refractivity contribution is -0.142. The van der Waals surface area contributed by atoms with E-state index in [-0.39, 0.29) is 42.0 Å². The van der Waals surface area contributed by atoms with Crippen LogP contribution < -0.4 is 4.74 Å². The lowest BCUT2D eigenvalue weighted by Gasteiger charge is -2.32. The van der Waals surface area contributed by atoms with Crippen LogP contribution >= 0.6 is 0 Å². The fourth-order valence-electron chi connectivity index (χ4n) is 2.35. The van der Waals surface area contributed by atoms with Gasteiger partial charge >= 0.3 is 5.97 Å². The monoisotopic (exact) mass is 309 g/mol. The van der Waals surface area contributed by atoms with Crippen LogP contribution in [-0.2, 0) is 11.3 Å². The minimum absolute atomic E-state index is 0.0678. The van der Waals surface area contributed by atoms with E-state index in [2.05, 4.69) is 0 Å². The summed E-state index contributed by atoms with van der Waals surface area (Å²) in [6.07, 6.45) is 0. The van der Waals surface area contributed by atoms with Crippen molar-refractivity contribution in [3.63, 3.8) is 0 Å². The highest BCUT2D eigenvalue weighted by Crippen LogP contribution is 2.31. The molecule has 1 aromatic carbocycles. The second-order valence-corrected chi connectivity index (χ2v) is 6.58. The fraction of sp³-hybridized carbons (Fsp3) is 0.500. The molecule has 0 aromatic heterocycles. The molecule has 1 atom stereocenters. The van der Waals surface area contributed by atoms with Crippen LogP contribution in [0.25, 0.3) is 0 Å². The van der Waals surface area contributed by atoms with Crippen LogP contribution in [0.5, 0.6) is 5.75 Å². The van der Waals surface area contributed by atoms with Crippen LogP contribution in [0.15, 0.2) is 12.1 Å². The molecule has 1 aromatic rings. The van der Waals surface area contributed by atoms with E-state index in [1.54, 1.807) is 25.7 Å². The Morgan fingerprint density at radius 2 is 2.00 bits per heavy atom. The average Bonchev–Trinajstić information content (AvgIpc) is 2.57. The van der Waals surface area contributed by atoms with E-state index in [1.165, 1.54) is 6.07 Å². The lowest BCUT2D eigenvalue weighted by Crippen LogP contribution is -2.45. The van der Waals surface area contributed by atoms with Gasteiger partial charge in [0.25, 0.3) is 0 Å². The van der Waals surface area contributed by atoms with E-state index < -0.39 is 17.2 Å². The number of nitrogens with zero attached hydrogens (tertiary/aromatic N) is 1. The smallest absolute Gasteiger partial charge is 0.335 e. The Morgan fingerprint density at radius 3 is 2.55 bits per heavy atom. The Balaban J connectivity index is 2.44. The van der Waals surface area contributed by atoms with Crippen LogP contribution in [-0.4, -0.2) is 34.5 Å². The van der Waals surface area contributed by atoms with Gasteiger partial charge in [-0.15, -0.1) is 0 Å². The number of benzene rings is 1. The maximum atomic E-state index is 14.3. The molecule has 1 amide bonds. The van der Waals surface area contributed by atoms with Crippen LogP contribution in [0, 0.1) is 11.2 Å². The van der Waals surface area contributed by atoms with E-state index in [4.69, 9.17) is 9.84 Å². The van der Waals surface area contributed by atoms with Crippen molar-refractivity contribution in [1.29, 1.82) is 0 Å². The van der Waals surface area contributed by atoms with Gasteiger partial charge < -0.3 is 14.7 Å². The molecule has 0 saturated heterocycles. The largest absolute Gasteiger partial charge is 0.491 e. The first-order valence-corrected chi connectivity index (χ1v) is 7.11. The third kappa shape index (κ3) is 3.05. The van der Waals surface area contributed by atoms with Gasteiger partial charge in [0.15, 0.2) is 0 Å². The van der Waals surface area contributed by atoms with Crippen molar-refractivity contribution < 1.29 is 23.8 Å². The zero-order valence-electron chi connectivity index (χ0n) is 13.1. The highest BCUT2D eigenvalue weighted by atomic mass is 19.1. The van der Waals surface area contributed by atoms with Crippen molar-refractivity contribution >= 4 is 11.9 Å². The summed E-state index contributed by atoms with van der Waals surface area (Å²) < 4.78 is 19.8. The predicted octanol–water partition coefficient (Wildman–Crippen LogP) is 2.68. The number of fused-ring (bicyclic) bond motifs is 1. The molecule has 0 spiro atoms. The second-order valence-electron chi connectivity index (χ2n) is 6.58. The van der Waals surface area contributed by atoms with Crippen LogP contribution in [0.3, 0.4) is 0 Å². The number of halogens is 1. The number of carboxylic acid groups (broad SMARTS) is 1. The van der Waals surface area contributed by atoms with Gasteiger partial charge in [-0.25, -0.2) is 9.18 Å². The fourth-order valence-corrected chi connectivity index (χ4v) is 2.35. The van der Waals surface area contributed by atoms with Crippen molar-refractivity contribution in [3.05, 3.63) is 29.1 Å². The first-order valence-electron chi connectivity index (χ1n) is 7.11. The van der Waals surface area contributed by atoms with Gasteiger partial charge in [-0.3, -0.25) is 4.79 Å². The van der Waals surface area contributed by atoms with Crippen molar-refractivity contribution in [2.45, 2.75) is 40.3 Å². The molecule has 1 aliphatic rings. The minimum atomic E-state index is -1.22. The molecule has 0 aliphatic carbocycles. The van der Waals surface area contributed by atoms with Gasteiger partial charge in [0.05, 0.1) is 18.2 Å². The van der Waals surface area contributed by atoms with Crippen molar-refractivity contribution in [3.8, 4) is 5.75 Å². The Hall–Kier alpha value is -2.11. The zero-order valence-corrected chi connectivity index (χ0v) is 13.1. The summed E-state index contributed by atoms with van der Waals surface area (Å²) in [4.78, 5) is 25.1. The highest BCUT2D eigenvalue weighted by molar-refractivity contribution is 5.88. The minimum Gasteiger partial charge on any atom is -0.491 e. The number of ether oxygens (including phenoxy) is 1. The van der Waals surface area contributed by atoms with Gasteiger partial charge in [0.1, 0.15) is 18.2 Å². The van der Waals surface area contributed by atoms with Gasteiger partial charge in [-0.2, -0.15) is 0 Å². The summed E-state index contributed by atoms with van der Waals surface area (Å²) >= 11 is 0. The third-order valence-corrected chi connectivity index (χ3v) is 3.64. The van der Waals surface area contributed by atoms with Crippen molar-refractivity contribution in [2.75, 3.05) is 6.61 Å². The lowest BCUT2D eigenvalue weighted by atomic mass is 9.93. The number of carbonyl (C=O) groups is 2.